The largest absolute Gasteiger partial charge is 0.462 e. The number of amides is 1. The van der Waals surface area contributed by atoms with E-state index >= 15 is 0 Å². The van der Waals surface area contributed by atoms with Crippen molar-refractivity contribution < 1.29 is 23.9 Å². The van der Waals surface area contributed by atoms with Gasteiger partial charge in [-0.2, -0.15) is 0 Å². The van der Waals surface area contributed by atoms with Crippen LogP contribution in [0.2, 0.25) is 10.0 Å². The first-order valence-corrected chi connectivity index (χ1v) is 10.8. The SMILES string of the molecule is CCOC(=O)c1c(-c2ccccc2)csc1NC(=O)COC(=O)c1ccc(Cl)c(Cl)c1. The van der Waals surface area contributed by atoms with Crippen molar-refractivity contribution in [3.8, 4) is 11.1 Å². The summed E-state index contributed by atoms with van der Waals surface area (Å²) < 4.78 is 10.2. The number of carbonyl (C=O) groups is 3. The molecule has 31 heavy (non-hydrogen) atoms. The van der Waals surface area contributed by atoms with Crippen molar-refractivity contribution in [2.45, 2.75) is 6.92 Å². The van der Waals surface area contributed by atoms with E-state index in [0.717, 1.165) is 5.56 Å². The van der Waals surface area contributed by atoms with E-state index in [4.69, 9.17) is 32.7 Å². The highest BCUT2D eigenvalue weighted by molar-refractivity contribution is 7.15. The first kappa shape index (κ1) is 22.8. The molecule has 0 fully saturated rings. The van der Waals surface area contributed by atoms with Gasteiger partial charge >= 0.3 is 11.9 Å². The molecule has 6 nitrogen and oxygen atoms in total. The van der Waals surface area contributed by atoms with Gasteiger partial charge in [0.05, 0.1) is 22.2 Å². The average molecular weight is 478 g/mol. The summed E-state index contributed by atoms with van der Waals surface area (Å²) in [5, 5.41) is 5.20. The van der Waals surface area contributed by atoms with Crippen LogP contribution in [-0.4, -0.2) is 31.1 Å². The number of hydrogen-bond donors (Lipinski definition) is 1. The molecule has 1 heterocycles. The van der Waals surface area contributed by atoms with Crippen LogP contribution < -0.4 is 5.32 Å². The molecule has 1 aromatic heterocycles. The lowest BCUT2D eigenvalue weighted by atomic mass is 10.0. The van der Waals surface area contributed by atoms with E-state index in [1.807, 2.05) is 30.3 Å². The Balaban J connectivity index is 1.73. The highest BCUT2D eigenvalue weighted by atomic mass is 35.5. The monoisotopic (exact) mass is 477 g/mol. The molecule has 3 rings (SSSR count). The lowest BCUT2D eigenvalue weighted by molar-refractivity contribution is -0.119. The highest BCUT2D eigenvalue weighted by Crippen LogP contribution is 2.36. The Morgan fingerprint density at radius 1 is 0.968 bits per heavy atom. The Bertz CT molecular complexity index is 1110. The fourth-order valence-electron chi connectivity index (χ4n) is 2.69. The van der Waals surface area contributed by atoms with Crippen molar-refractivity contribution in [2.24, 2.45) is 0 Å². The quantitative estimate of drug-likeness (QED) is 0.441. The lowest BCUT2D eigenvalue weighted by Crippen LogP contribution is -2.21. The molecule has 1 amide bonds. The van der Waals surface area contributed by atoms with Gasteiger partial charge in [-0.3, -0.25) is 4.79 Å². The van der Waals surface area contributed by atoms with Crippen molar-refractivity contribution in [3.63, 3.8) is 0 Å². The van der Waals surface area contributed by atoms with Gasteiger partial charge in [0.25, 0.3) is 5.91 Å². The molecule has 0 aliphatic carbocycles. The van der Waals surface area contributed by atoms with Crippen LogP contribution in [-0.2, 0) is 14.3 Å². The maximum Gasteiger partial charge on any atom is 0.341 e. The molecule has 0 atom stereocenters. The van der Waals surface area contributed by atoms with Gasteiger partial charge in [-0.15, -0.1) is 11.3 Å². The summed E-state index contributed by atoms with van der Waals surface area (Å²) in [6, 6.07) is 13.5. The van der Waals surface area contributed by atoms with Gasteiger partial charge in [0, 0.05) is 10.9 Å². The summed E-state index contributed by atoms with van der Waals surface area (Å²) in [5.41, 5.74) is 1.87. The molecule has 0 spiro atoms. The van der Waals surface area contributed by atoms with Gasteiger partial charge in [0.15, 0.2) is 6.61 Å². The third kappa shape index (κ3) is 5.64. The number of carbonyl (C=O) groups excluding carboxylic acids is 3. The van der Waals surface area contributed by atoms with Crippen LogP contribution >= 0.6 is 34.5 Å². The molecule has 0 saturated heterocycles. The maximum atomic E-state index is 12.5. The minimum atomic E-state index is -0.726. The number of nitrogens with one attached hydrogen (secondary N) is 1. The van der Waals surface area contributed by atoms with Gasteiger partial charge in [0.1, 0.15) is 10.6 Å². The zero-order valence-electron chi connectivity index (χ0n) is 16.3. The number of rotatable bonds is 7. The third-order valence-electron chi connectivity index (χ3n) is 4.10. The van der Waals surface area contributed by atoms with Crippen LogP contribution in [0.1, 0.15) is 27.6 Å². The Labute approximate surface area is 192 Å². The first-order chi connectivity index (χ1) is 14.9. The molecule has 0 aliphatic rings. The van der Waals surface area contributed by atoms with Crippen LogP contribution in [0, 0.1) is 0 Å². The molecule has 0 bridgehead atoms. The number of thiophene rings is 1. The van der Waals surface area contributed by atoms with E-state index in [0.29, 0.717) is 15.6 Å². The average Bonchev–Trinajstić information content (AvgIpc) is 3.18. The number of ether oxygens (including phenoxy) is 2. The normalized spacial score (nSPS) is 10.4. The van der Waals surface area contributed by atoms with Gasteiger partial charge in [-0.25, -0.2) is 9.59 Å². The zero-order chi connectivity index (χ0) is 22.4. The number of benzene rings is 2. The predicted molar refractivity (Wildman–Crippen MR) is 121 cm³/mol. The standard InChI is InChI=1S/C22H17Cl2NO5S/c1-2-29-22(28)19-15(13-6-4-3-5-7-13)12-31-20(19)25-18(26)11-30-21(27)14-8-9-16(23)17(24)10-14/h3-10,12H,2,11H2,1H3,(H,25,26). The molecule has 0 saturated carbocycles. The Kier molecular flexibility index (Phi) is 7.68. The fourth-order valence-corrected chi connectivity index (χ4v) is 3.96. The minimum absolute atomic E-state index is 0.164. The second kappa shape index (κ2) is 10.4. The summed E-state index contributed by atoms with van der Waals surface area (Å²) in [7, 11) is 0. The second-order valence-electron chi connectivity index (χ2n) is 6.19. The van der Waals surface area contributed by atoms with Crippen LogP contribution in [0.4, 0.5) is 5.00 Å². The number of anilines is 1. The van der Waals surface area contributed by atoms with Gasteiger partial charge < -0.3 is 14.8 Å². The van der Waals surface area contributed by atoms with E-state index < -0.39 is 24.5 Å². The molecule has 1 N–H and O–H groups in total. The van der Waals surface area contributed by atoms with Gasteiger partial charge in [0.2, 0.25) is 0 Å². The van der Waals surface area contributed by atoms with Crippen molar-refractivity contribution in [1.82, 2.24) is 0 Å². The topological polar surface area (TPSA) is 81.7 Å². The molecule has 9 heteroatoms. The molecule has 0 unspecified atom stereocenters. The van der Waals surface area contributed by atoms with Crippen molar-refractivity contribution in [2.75, 3.05) is 18.5 Å². The second-order valence-corrected chi connectivity index (χ2v) is 7.89. The molecular formula is C22H17Cl2NO5S. The van der Waals surface area contributed by atoms with Crippen molar-refractivity contribution in [3.05, 3.63) is 75.1 Å². The third-order valence-corrected chi connectivity index (χ3v) is 5.73. The molecule has 3 aromatic rings. The van der Waals surface area contributed by atoms with Crippen LogP contribution in [0.25, 0.3) is 11.1 Å². The molecular weight excluding hydrogens is 461 g/mol. The number of hydrogen-bond acceptors (Lipinski definition) is 6. The van der Waals surface area contributed by atoms with E-state index in [9.17, 15) is 14.4 Å². The Morgan fingerprint density at radius 2 is 1.71 bits per heavy atom. The Hall–Kier alpha value is -2.87. The molecule has 160 valence electrons. The van der Waals surface area contributed by atoms with Crippen LogP contribution in [0.15, 0.2) is 53.9 Å². The van der Waals surface area contributed by atoms with Crippen LogP contribution in [0.3, 0.4) is 0 Å². The first-order valence-electron chi connectivity index (χ1n) is 9.16. The smallest absolute Gasteiger partial charge is 0.341 e. The number of esters is 2. The van der Waals surface area contributed by atoms with Crippen molar-refractivity contribution >= 4 is 57.4 Å². The highest BCUT2D eigenvalue weighted by Gasteiger charge is 2.23. The summed E-state index contributed by atoms with van der Waals surface area (Å²) in [4.78, 5) is 37.0. The predicted octanol–water partition coefficient (Wildman–Crippen LogP) is 5.69. The molecule has 0 aliphatic heterocycles. The van der Waals surface area contributed by atoms with E-state index in [1.165, 1.54) is 29.5 Å². The van der Waals surface area contributed by atoms with E-state index in [-0.39, 0.29) is 22.8 Å². The Morgan fingerprint density at radius 3 is 2.39 bits per heavy atom. The van der Waals surface area contributed by atoms with Crippen LogP contribution in [0.5, 0.6) is 0 Å². The molecule has 0 radical (unpaired) electrons. The summed E-state index contributed by atoms with van der Waals surface area (Å²) in [5.74, 6) is -1.87. The molecule has 2 aromatic carbocycles. The lowest BCUT2D eigenvalue weighted by Gasteiger charge is -2.09. The number of halogens is 2. The fraction of sp³-hybridized carbons (Fsp3) is 0.136. The van der Waals surface area contributed by atoms with E-state index in [2.05, 4.69) is 5.32 Å². The van der Waals surface area contributed by atoms with Crippen molar-refractivity contribution in [1.29, 1.82) is 0 Å². The summed E-state index contributed by atoms with van der Waals surface area (Å²) in [6.45, 7) is 1.35. The maximum absolute atomic E-state index is 12.5. The zero-order valence-corrected chi connectivity index (χ0v) is 18.6. The summed E-state index contributed by atoms with van der Waals surface area (Å²) in [6.07, 6.45) is 0. The van der Waals surface area contributed by atoms with E-state index in [1.54, 1.807) is 12.3 Å². The van der Waals surface area contributed by atoms with Gasteiger partial charge in [-0.05, 0) is 30.7 Å². The summed E-state index contributed by atoms with van der Waals surface area (Å²) >= 11 is 12.9. The van der Waals surface area contributed by atoms with Gasteiger partial charge in [-0.1, -0.05) is 53.5 Å². The minimum Gasteiger partial charge on any atom is -0.462 e.